The number of nitrogens with one attached hydrogen (secondary N) is 2. The van der Waals surface area contributed by atoms with Crippen LogP contribution in [0.25, 0.3) is 0 Å². The van der Waals surface area contributed by atoms with E-state index in [0.717, 1.165) is 4.47 Å². The molecule has 0 atom stereocenters. The molecule has 6 nitrogen and oxygen atoms in total. The molecule has 7 heteroatoms. The van der Waals surface area contributed by atoms with Crippen LogP contribution in [0, 0.1) is 0 Å². The topological polar surface area (TPSA) is 76.7 Å². The average Bonchev–Trinajstić information content (AvgIpc) is 2.74. The monoisotopic (exact) mass is 454 g/mol. The maximum absolute atomic E-state index is 12.4. The van der Waals surface area contributed by atoms with Crippen LogP contribution in [0.15, 0.2) is 77.3 Å². The number of hydrogen-bond donors (Lipinski definition) is 2. The van der Waals surface area contributed by atoms with Crippen molar-refractivity contribution in [1.82, 2.24) is 0 Å². The Morgan fingerprint density at radius 2 is 1.59 bits per heavy atom. The van der Waals surface area contributed by atoms with Crippen LogP contribution in [-0.4, -0.2) is 25.5 Å². The third-order valence-corrected chi connectivity index (χ3v) is 4.50. The van der Waals surface area contributed by atoms with Gasteiger partial charge >= 0.3 is 0 Å². The zero-order valence-corrected chi connectivity index (χ0v) is 17.2. The van der Waals surface area contributed by atoms with Gasteiger partial charge in [0.15, 0.2) is 6.61 Å². The van der Waals surface area contributed by atoms with Gasteiger partial charge in [0.1, 0.15) is 11.5 Å². The number of anilines is 2. The molecule has 2 amide bonds. The van der Waals surface area contributed by atoms with Gasteiger partial charge in [0.2, 0.25) is 0 Å². The summed E-state index contributed by atoms with van der Waals surface area (Å²) in [6.07, 6.45) is 0. The molecule has 29 heavy (non-hydrogen) atoms. The second-order valence-corrected chi connectivity index (χ2v) is 6.94. The average molecular weight is 455 g/mol. The van der Waals surface area contributed by atoms with E-state index in [4.69, 9.17) is 9.47 Å². The van der Waals surface area contributed by atoms with E-state index in [-0.39, 0.29) is 18.4 Å². The highest BCUT2D eigenvalue weighted by Gasteiger charge is 2.10. The van der Waals surface area contributed by atoms with Gasteiger partial charge in [0, 0.05) is 15.7 Å². The minimum Gasteiger partial charge on any atom is -0.495 e. The SMILES string of the molecule is COc1ccccc1NC(=O)c1ccc(NC(=O)COc2ccc(Br)cc2)cc1. The molecule has 0 radical (unpaired) electrons. The first-order valence-electron chi connectivity index (χ1n) is 8.78. The third-order valence-electron chi connectivity index (χ3n) is 3.97. The van der Waals surface area contributed by atoms with Gasteiger partial charge in [-0.2, -0.15) is 0 Å². The number of ether oxygens (including phenoxy) is 2. The van der Waals surface area contributed by atoms with E-state index in [0.29, 0.717) is 28.4 Å². The van der Waals surface area contributed by atoms with E-state index in [2.05, 4.69) is 26.6 Å². The van der Waals surface area contributed by atoms with Crippen LogP contribution < -0.4 is 20.1 Å². The largest absolute Gasteiger partial charge is 0.495 e. The summed E-state index contributed by atoms with van der Waals surface area (Å²) in [7, 11) is 1.54. The smallest absolute Gasteiger partial charge is 0.262 e. The molecule has 0 spiro atoms. The highest BCUT2D eigenvalue weighted by Crippen LogP contribution is 2.24. The van der Waals surface area contributed by atoms with Crippen molar-refractivity contribution in [2.45, 2.75) is 0 Å². The zero-order valence-electron chi connectivity index (χ0n) is 15.6. The molecule has 0 fully saturated rings. The molecule has 0 unspecified atom stereocenters. The van der Waals surface area contributed by atoms with Crippen molar-refractivity contribution in [2.75, 3.05) is 24.4 Å². The molecular formula is C22H19BrN2O4. The van der Waals surface area contributed by atoms with Gasteiger partial charge < -0.3 is 20.1 Å². The second kappa shape index (κ2) is 9.75. The molecule has 0 aliphatic rings. The van der Waals surface area contributed by atoms with Crippen LogP contribution >= 0.6 is 15.9 Å². The summed E-state index contributed by atoms with van der Waals surface area (Å²) >= 11 is 3.34. The van der Waals surface area contributed by atoms with Crippen molar-refractivity contribution in [2.24, 2.45) is 0 Å². The Kier molecular flexibility index (Phi) is 6.86. The minimum atomic E-state index is -0.292. The second-order valence-electron chi connectivity index (χ2n) is 6.02. The Labute approximate surface area is 177 Å². The number of rotatable bonds is 7. The van der Waals surface area contributed by atoms with Gasteiger partial charge in [-0.15, -0.1) is 0 Å². The molecule has 0 heterocycles. The Morgan fingerprint density at radius 1 is 0.897 bits per heavy atom. The standard InChI is InChI=1S/C22H19BrN2O4/c1-28-20-5-3-2-4-19(20)25-22(27)15-6-10-17(11-7-15)24-21(26)14-29-18-12-8-16(23)9-13-18/h2-13H,14H2,1H3,(H,24,26)(H,25,27). The Balaban J connectivity index is 1.54. The number of amides is 2. The lowest BCUT2D eigenvalue weighted by molar-refractivity contribution is -0.118. The van der Waals surface area contributed by atoms with Crippen molar-refractivity contribution in [3.8, 4) is 11.5 Å². The highest BCUT2D eigenvalue weighted by atomic mass is 79.9. The molecule has 0 saturated heterocycles. The van der Waals surface area contributed by atoms with Crippen molar-refractivity contribution in [1.29, 1.82) is 0 Å². The van der Waals surface area contributed by atoms with E-state index < -0.39 is 0 Å². The molecule has 0 saturated carbocycles. The summed E-state index contributed by atoms with van der Waals surface area (Å²) in [5.74, 6) is 0.618. The number of halogens is 1. The van der Waals surface area contributed by atoms with Crippen LogP contribution in [0.2, 0.25) is 0 Å². The van der Waals surface area contributed by atoms with Crippen LogP contribution in [0.1, 0.15) is 10.4 Å². The van der Waals surface area contributed by atoms with Gasteiger partial charge in [-0.3, -0.25) is 9.59 Å². The number of hydrogen-bond acceptors (Lipinski definition) is 4. The molecule has 3 aromatic carbocycles. The predicted octanol–water partition coefficient (Wildman–Crippen LogP) is 4.73. The zero-order chi connectivity index (χ0) is 20.6. The van der Waals surface area contributed by atoms with Crippen LogP contribution in [0.4, 0.5) is 11.4 Å². The fourth-order valence-corrected chi connectivity index (χ4v) is 2.79. The predicted molar refractivity (Wildman–Crippen MR) is 116 cm³/mol. The molecule has 0 aromatic heterocycles. The molecule has 3 aromatic rings. The molecule has 148 valence electrons. The number of carbonyl (C=O) groups excluding carboxylic acids is 2. The summed E-state index contributed by atoms with van der Waals surface area (Å²) in [4.78, 5) is 24.5. The Morgan fingerprint density at radius 3 is 2.28 bits per heavy atom. The lowest BCUT2D eigenvalue weighted by Gasteiger charge is -2.10. The van der Waals surface area contributed by atoms with Crippen LogP contribution in [0.5, 0.6) is 11.5 Å². The first-order chi connectivity index (χ1) is 14.0. The normalized spacial score (nSPS) is 10.1. The van der Waals surface area contributed by atoms with E-state index in [1.807, 2.05) is 24.3 Å². The summed E-state index contributed by atoms with van der Waals surface area (Å²) in [6, 6.07) is 21.0. The van der Waals surface area contributed by atoms with Crippen LogP contribution in [-0.2, 0) is 4.79 Å². The minimum absolute atomic E-state index is 0.113. The molecular weight excluding hydrogens is 436 g/mol. The summed E-state index contributed by atoms with van der Waals surface area (Å²) in [5.41, 5.74) is 1.62. The first-order valence-corrected chi connectivity index (χ1v) is 9.57. The highest BCUT2D eigenvalue weighted by molar-refractivity contribution is 9.10. The molecule has 2 N–H and O–H groups in total. The quantitative estimate of drug-likeness (QED) is 0.540. The summed E-state index contributed by atoms with van der Waals surface area (Å²) in [5, 5.41) is 5.54. The Bertz CT molecular complexity index is 988. The fraction of sp³-hybridized carbons (Fsp3) is 0.0909. The van der Waals surface area contributed by atoms with Gasteiger partial charge in [0.25, 0.3) is 11.8 Å². The lowest BCUT2D eigenvalue weighted by Crippen LogP contribution is -2.20. The van der Waals surface area contributed by atoms with E-state index in [1.165, 1.54) is 0 Å². The lowest BCUT2D eigenvalue weighted by atomic mass is 10.2. The van der Waals surface area contributed by atoms with Gasteiger partial charge in [-0.05, 0) is 60.7 Å². The number of benzene rings is 3. The third kappa shape index (κ3) is 5.83. The van der Waals surface area contributed by atoms with Gasteiger partial charge in [0.05, 0.1) is 12.8 Å². The van der Waals surface area contributed by atoms with Crippen LogP contribution in [0.3, 0.4) is 0 Å². The number of methoxy groups -OCH3 is 1. The van der Waals surface area contributed by atoms with Crippen molar-refractivity contribution in [3.05, 3.63) is 82.8 Å². The van der Waals surface area contributed by atoms with Gasteiger partial charge in [-0.25, -0.2) is 0 Å². The van der Waals surface area contributed by atoms with E-state index in [1.54, 1.807) is 55.6 Å². The molecule has 0 aliphatic heterocycles. The summed E-state index contributed by atoms with van der Waals surface area (Å²) in [6.45, 7) is -0.113. The van der Waals surface area contributed by atoms with Crippen molar-refractivity contribution in [3.63, 3.8) is 0 Å². The maximum atomic E-state index is 12.4. The molecule has 0 bridgehead atoms. The van der Waals surface area contributed by atoms with Gasteiger partial charge in [-0.1, -0.05) is 28.1 Å². The van der Waals surface area contributed by atoms with E-state index >= 15 is 0 Å². The fourth-order valence-electron chi connectivity index (χ4n) is 2.52. The first kappa shape index (κ1) is 20.4. The Hall–Kier alpha value is -3.32. The number of para-hydroxylation sites is 2. The summed E-state index contributed by atoms with van der Waals surface area (Å²) < 4.78 is 11.6. The van der Waals surface area contributed by atoms with Crippen molar-refractivity contribution < 1.29 is 19.1 Å². The number of carbonyl (C=O) groups is 2. The molecule has 3 rings (SSSR count). The maximum Gasteiger partial charge on any atom is 0.262 e. The molecule has 0 aliphatic carbocycles. The van der Waals surface area contributed by atoms with E-state index in [9.17, 15) is 9.59 Å². The van der Waals surface area contributed by atoms with Crippen molar-refractivity contribution >= 4 is 39.1 Å².